The van der Waals surface area contributed by atoms with Crippen molar-refractivity contribution in [3.63, 3.8) is 0 Å². The molecule has 0 amide bonds. The molecule has 0 radical (unpaired) electrons. The van der Waals surface area contributed by atoms with Crippen LogP contribution in [0.1, 0.15) is 59.6 Å². The Morgan fingerprint density at radius 3 is 1.91 bits per heavy atom. The highest BCUT2D eigenvalue weighted by molar-refractivity contribution is 5.81. The first-order valence-electron chi connectivity index (χ1n) is 14.6. The highest BCUT2D eigenvalue weighted by Crippen LogP contribution is 2.26. The second-order valence-electron chi connectivity index (χ2n) is 11.9. The van der Waals surface area contributed by atoms with Crippen LogP contribution in [0.3, 0.4) is 0 Å². The molecule has 0 saturated heterocycles. The molecule has 1 aromatic carbocycles. The summed E-state index contributed by atoms with van der Waals surface area (Å²) in [5.74, 6) is -4.30. The molecule has 0 aromatic heterocycles. The Morgan fingerprint density at radius 1 is 0.787 bits per heavy atom. The number of rotatable bonds is 11. The van der Waals surface area contributed by atoms with E-state index in [1.54, 1.807) is 32.9 Å². The Labute approximate surface area is 269 Å². The molecule has 1 aromatic rings. The third kappa shape index (κ3) is 9.43. The molecule has 0 fully saturated rings. The molecule has 0 aliphatic carbocycles. The quantitative estimate of drug-likeness (QED) is 0.162. The molecule has 16 heteroatoms. The van der Waals surface area contributed by atoms with Crippen molar-refractivity contribution in [3.8, 4) is 11.5 Å². The van der Waals surface area contributed by atoms with E-state index in [-0.39, 0.29) is 17.0 Å². The van der Waals surface area contributed by atoms with Crippen LogP contribution in [0.25, 0.3) is 22.6 Å². The molecule has 3 atom stereocenters. The number of nitrogens with zero attached hydrogens (tertiary/aromatic N) is 4. The highest BCUT2D eigenvalue weighted by atomic mass is 16.6. The summed E-state index contributed by atoms with van der Waals surface area (Å²) in [6.07, 6.45) is -4.45. The van der Waals surface area contributed by atoms with Gasteiger partial charge in [-0.25, -0.2) is 14.3 Å². The summed E-state index contributed by atoms with van der Waals surface area (Å²) in [6, 6.07) is 3.40. The second-order valence-corrected chi connectivity index (χ2v) is 11.9. The van der Waals surface area contributed by atoms with Crippen molar-refractivity contribution < 1.29 is 47.7 Å². The minimum Gasteiger partial charge on any atom is -0.462 e. The fourth-order valence-corrected chi connectivity index (χ4v) is 4.75. The van der Waals surface area contributed by atoms with Crippen molar-refractivity contribution >= 4 is 40.9 Å². The van der Waals surface area contributed by atoms with Gasteiger partial charge in [-0.2, -0.15) is 4.98 Å². The summed E-state index contributed by atoms with van der Waals surface area (Å²) in [6.45, 7) is 11.2. The molecule has 0 N–H and O–H groups in total. The summed E-state index contributed by atoms with van der Waals surface area (Å²) < 4.78 is 28.7. The van der Waals surface area contributed by atoms with Crippen molar-refractivity contribution in [1.29, 1.82) is 0 Å². The molecule has 0 spiro atoms. The fourth-order valence-electron chi connectivity index (χ4n) is 4.75. The molecule has 3 rings (SSSR count). The maximum Gasteiger partial charge on any atom is 0.353 e. The monoisotopic (exact) mass is 658 g/mol. The van der Waals surface area contributed by atoms with Crippen LogP contribution in [-0.4, -0.2) is 79.5 Å². The number of ether oxygens (including phenoxy) is 5. The first-order chi connectivity index (χ1) is 21.8. The lowest BCUT2D eigenvalue weighted by atomic mass is 10.1. The van der Waals surface area contributed by atoms with Crippen molar-refractivity contribution in [2.45, 2.75) is 99.3 Å². The van der Waals surface area contributed by atoms with Gasteiger partial charge < -0.3 is 28.3 Å². The largest absolute Gasteiger partial charge is 0.462 e. The van der Waals surface area contributed by atoms with Crippen molar-refractivity contribution in [3.05, 3.63) is 44.1 Å². The molecule has 2 heterocycles. The summed E-state index contributed by atoms with van der Waals surface area (Å²) >= 11 is 0. The SMILES string of the molecule is CC(=O)OC[C@@H](OC(C)=O)[C@@H](OC(C)=O)[C@H](Cn1c2nc(=O)n(CC(=O)OC(C)(C)C)c(=O)c-2nc2cc(C)c(C)cc21)OC(C)=O. The number of aromatic nitrogens is 4. The summed E-state index contributed by atoms with van der Waals surface area (Å²) in [5.41, 5.74) is -0.974. The third-order valence-electron chi connectivity index (χ3n) is 6.65. The van der Waals surface area contributed by atoms with Gasteiger partial charge in [0.05, 0.1) is 17.6 Å². The summed E-state index contributed by atoms with van der Waals surface area (Å²) in [5, 5.41) is 0. The zero-order valence-corrected chi connectivity index (χ0v) is 27.7. The number of hydrogen-bond acceptors (Lipinski definition) is 14. The van der Waals surface area contributed by atoms with Crippen LogP contribution in [0, 0.1) is 13.8 Å². The minimum atomic E-state index is -1.55. The number of esters is 5. The number of hydrogen-bond donors (Lipinski definition) is 0. The average Bonchev–Trinajstić information content (AvgIpc) is 2.91. The van der Waals surface area contributed by atoms with Crippen LogP contribution in [0.2, 0.25) is 0 Å². The number of fused-ring (bicyclic) bond motifs is 2. The normalized spacial score (nSPS) is 13.4. The maximum absolute atomic E-state index is 13.7. The van der Waals surface area contributed by atoms with Crippen LogP contribution in [0.4, 0.5) is 0 Å². The van der Waals surface area contributed by atoms with Gasteiger partial charge in [0.15, 0.2) is 29.8 Å². The van der Waals surface area contributed by atoms with E-state index in [1.807, 2.05) is 13.8 Å². The molecule has 2 aliphatic rings. The van der Waals surface area contributed by atoms with Crippen molar-refractivity contribution in [2.75, 3.05) is 6.61 Å². The van der Waals surface area contributed by atoms with Gasteiger partial charge in [-0.15, -0.1) is 0 Å². The Balaban J connectivity index is 2.32. The number of aryl methyl sites for hydroxylation is 2. The van der Waals surface area contributed by atoms with Gasteiger partial charge in [0, 0.05) is 27.7 Å². The van der Waals surface area contributed by atoms with E-state index in [9.17, 15) is 33.6 Å². The smallest absolute Gasteiger partial charge is 0.353 e. The molecule has 0 saturated carbocycles. The Kier molecular flexibility index (Phi) is 11.2. The van der Waals surface area contributed by atoms with Gasteiger partial charge in [0.1, 0.15) is 18.8 Å². The highest BCUT2D eigenvalue weighted by Gasteiger charge is 2.39. The molecule has 0 unspecified atom stereocenters. The lowest BCUT2D eigenvalue weighted by Crippen LogP contribution is -2.49. The summed E-state index contributed by atoms with van der Waals surface area (Å²) in [7, 11) is 0. The van der Waals surface area contributed by atoms with Gasteiger partial charge >= 0.3 is 35.5 Å². The maximum atomic E-state index is 13.7. The zero-order chi connectivity index (χ0) is 35.4. The van der Waals surface area contributed by atoms with Crippen molar-refractivity contribution in [1.82, 2.24) is 19.1 Å². The van der Waals surface area contributed by atoms with Gasteiger partial charge in [-0.05, 0) is 57.9 Å². The molecule has 254 valence electrons. The van der Waals surface area contributed by atoms with Gasteiger partial charge in [-0.1, -0.05) is 0 Å². The van der Waals surface area contributed by atoms with Crippen LogP contribution in [0.15, 0.2) is 21.7 Å². The molecule has 16 nitrogen and oxygen atoms in total. The van der Waals surface area contributed by atoms with Gasteiger partial charge in [0.2, 0.25) is 0 Å². The molecule has 47 heavy (non-hydrogen) atoms. The van der Waals surface area contributed by atoms with Gasteiger partial charge in [0.25, 0.3) is 5.56 Å². The molecular weight excluding hydrogens is 620 g/mol. The topological polar surface area (TPSA) is 201 Å². The average molecular weight is 659 g/mol. The number of carbonyl (C=O) groups excluding carboxylic acids is 5. The van der Waals surface area contributed by atoms with Crippen LogP contribution in [-0.2, 0) is 60.7 Å². The van der Waals surface area contributed by atoms with E-state index in [4.69, 9.17) is 23.7 Å². The van der Waals surface area contributed by atoms with E-state index < -0.39 is 84.7 Å². The standard InChI is InChI=1S/C31H38N4O12/c1-15-10-21-22(11-16(15)2)34(28-26(32-21)29(41)35(30(42)33-28)13-25(40)47-31(7,8)9)12-23(44-18(4)37)27(46-20(6)39)24(45-19(5)38)14-43-17(3)36/h10-11,23-24,27H,12-14H2,1-9H3/t23-,24+,27-/m0/s1. The lowest BCUT2D eigenvalue weighted by Gasteiger charge is -2.32. The van der Waals surface area contributed by atoms with Crippen molar-refractivity contribution in [2.24, 2.45) is 0 Å². The number of benzene rings is 1. The van der Waals surface area contributed by atoms with Gasteiger partial charge in [-0.3, -0.25) is 28.8 Å². The van der Waals surface area contributed by atoms with E-state index in [2.05, 4.69) is 9.97 Å². The Bertz CT molecular complexity index is 1800. The Hall–Kier alpha value is -5.15. The van der Waals surface area contributed by atoms with Crippen LogP contribution < -0.4 is 11.2 Å². The lowest BCUT2D eigenvalue weighted by molar-refractivity contribution is -0.190. The Morgan fingerprint density at radius 2 is 1.36 bits per heavy atom. The zero-order valence-electron chi connectivity index (χ0n) is 27.7. The first-order valence-corrected chi connectivity index (χ1v) is 14.6. The molecular formula is C31H38N4O12. The van der Waals surface area contributed by atoms with Crippen LogP contribution >= 0.6 is 0 Å². The predicted octanol–water partition coefficient (Wildman–Crippen LogP) is 1.37. The second kappa shape index (κ2) is 14.5. The molecule has 0 bridgehead atoms. The van der Waals surface area contributed by atoms with Crippen LogP contribution in [0.5, 0.6) is 0 Å². The van der Waals surface area contributed by atoms with E-state index in [0.29, 0.717) is 10.1 Å². The number of carbonyl (C=O) groups is 5. The van der Waals surface area contributed by atoms with E-state index >= 15 is 0 Å². The molecule has 2 aliphatic heterocycles. The third-order valence-corrected chi connectivity index (χ3v) is 6.65. The minimum absolute atomic E-state index is 0.237. The van der Waals surface area contributed by atoms with E-state index in [1.165, 1.54) is 4.57 Å². The van der Waals surface area contributed by atoms with E-state index in [0.717, 1.165) is 38.8 Å². The predicted molar refractivity (Wildman–Crippen MR) is 163 cm³/mol. The first kappa shape index (κ1) is 36.3. The summed E-state index contributed by atoms with van der Waals surface area (Å²) in [4.78, 5) is 96.4. The fraction of sp³-hybridized carbons (Fsp3) is 0.516.